The van der Waals surface area contributed by atoms with Crippen LogP contribution in [0.15, 0.2) is 82.9 Å². The number of imidazole rings is 1. The molecule has 0 saturated heterocycles. The van der Waals surface area contributed by atoms with E-state index in [4.69, 9.17) is 4.98 Å². The van der Waals surface area contributed by atoms with Crippen LogP contribution in [0.5, 0.6) is 0 Å². The van der Waals surface area contributed by atoms with Gasteiger partial charge in [0.15, 0.2) is 5.16 Å². The maximum absolute atomic E-state index is 12.5. The predicted octanol–water partition coefficient (Wildman–Crippen LogP) is 4.94. The molecule has 3 heterocycles. The summed E-state index contributed by atoms with van der Waals surface area (Å²) in [6.45, 7) is 4.05. The molecular formula is C24H20N4OS. The molecule has 0 amide bonds. The van der Waals surface area contributed by atoms with Crippen molar-refractivity contribution < 1.29 is 0 Å². The van der Waals surface area contributed by atoms with Crippen molar-refractivity contribution >= 4 is 28.4 Å². The molecule has 30 heavy (non-hydrogen) atoms. The SMILES string of the molecule is Cc1cccc(-n2c(SCc3cc(=O)n4cc(C)ccc4n3)nc3ccccc32)c1. The molecule has 0 radical (unpaired) electrons. The lowest BCUT2D eigenvalue weighted by Gasteiger charge is -2.10. The lowest BCUT2D eigenvalue weighted by atomic mass is 10.2. The highest BCUT2D eigenvalue weighted by Gasteiger charge is 2.14. The van der Waals surface area contributed by atoms with Crippen molar-refractivity contribution in [3.05, 3.63) is 100 Å². The number of nitrogens with zero attached hydrogens (tertiary/aromatic N) is 4. The number of aryl methyl sites for hydroxylation is 2. The van der Waals surface area contributed by atoms with E-state index < -0.39 is 0 Å². The van der Waals surface area contributed by atoms with Crippen molar-refractivity contribution in [1.29, 1.82) is 0 Å². The summed E-state index contributed by atoms with van der Waals surface area (Å²) >= 11 is 1.59. The molecule has 5 aromatic rings. The van der Waals surface area contributed by atoms with Gasteiger partial charge >= 0.3 is 0 Å². The van der Waals surface area contributed by atoms with E-state index in [1.165, 1.54) is 5.56 Å². The minimum Gasteiger partial charge on any atom is -0.287 e. The Labute approximate surface area is 178 Å². The van der Waals surface area contributed by atoms with Gasteiger partial charge in [0, 0.05) is 23.7 Å². The van der Waals surface area contributed by atoms with Gasteiger partial charge in [-0.3, -0.25) is 13.8 Å². The Hall–Kier alpha value is -3.38. The second kappa shape index (κ2) is 7.46. The minimum absolute atomic E-state index is 0.0634. The number of benzene rings is 2. The molecule has 0 aliphatic rings. The molecule has 2 aromatic carbocycles. The van der Waals surface area contributed by atoms with Gasteiger partial charge in [-0.15, -0.1) is 0 Å². The monoisotopic (exact) mass is 412 g/mol. The summed E-state index contributed by atoms with van der Waals surface area (Å²) in [6.07, 6.45) is 1.82. The predicted molar refractivity (Wildman–Crippen MR) is 122 cm³/mol. The van der Waals surface area contributed by atoms with Crippen molar-refractivity contribution in [1.82, 2.24) is 18.9 Å². The molecule has 0 aliphatic heterocycles. The van der Waals surface area contributed by atoms with Gasteiger partial charge in [-0.05, 0) is 55.3 Å². The number of rotatable bonds is 4. The van der Waals surface area contributed by atoms with E-state index in [0.29, 0.717) is 11.4 Å². The van der Waals surface area contributed by atoms with E-state index >= 15 is 0 Å². The maximum atomic E-state index is 12.5. The van der Waals surface area contributed by atoms with E-state index in [1.54, 1.807) is 22.2 Å². The Kier molecular flexibility index (Phi) is 4.64. The van der Waals surface area contributed by atoms with Gasteiger partial charge in [0.05, 0.1) is 16.7 Å². The Morgan fingerprint density at radius 2 is 1.77 bits per heavy atom. The van der Waals surface area contributed by atoms with Crippen molar-refractivity contribution in [3.8, 4) is 5.69 Å². The molecule has 5 rings (SSSR count). The smallest absolute Gasteiger partial charge is 0.258 e. The molecule has 3 aromatic heterocycles. The fraction of sp³-hybridized carbons (Fsp3) is 0.125. The third-order valence-electron chi connectivity index (χ3n) is 5.00. The zero-order valence-corrected chi connectivity index (χ0v) is 17.6. The number of para-hydroxylation sites is 2. The van der Waals surface area contributed by atoms with Gasteiger partial charge in [0.25, 0.3) is 5.56 Å². The second-order valence-corrected chi connectivity index (χ2v) is 8.31. The Morgan fingerprint density at radius 1 is 0.900 bits per heavy atom. The fourth-order valence-electron chi connectivity index (χ4n) is 3.59. The van der Waals surface area contributed by atoms with Gasteiger partial charge in [0.1, 0.15) is 5.65 Å². The standard InChI is InChI=1S/C24H20N4OS/c1-16-6-5-7-19(12-16)28-21-9-4-3-8-20(21)26-24(28)30-15-18-13-23(29)27-14-17(2)10-11-22(27)25-18/h3-14H,15H2,1-2H3. The third-order valence-corrected chi connectivity index (χ3v) is 5.97. The van der Waals surface area contributed by atoms with E-state index in [-0.39, 0.29) is 5.56 Å². The van der Waals surface area contributed by atoms with Crippen molar-refractivity contribution in [2.24, 2.45) is 0 Å². The quantitative estimate of drug-likeness (QED) is 0.392. The van der Waals surface area contributed by atoms with Gasteiger partial charge in [-0.2, -0.15) is 0 Å². The van der Waals surface area contributed by atoms with Crippen LogP contribution in [0.3, 0.4) is 0 Å². The summed E-state index contributed by atoms with van der Waals surface area (Å²) in [4.78, 5) is 22.0. The molecule has 0 aliphatic carbocycles. The van der Waals surface area contributed by atoms with Crippen LogP contribution in [0.1, 0.15) is 16.8 Å². The second-order valence-electron chi connectivity index (χ2n) is 7.37. The largest absolute Gasteiger partial charge is 0.287 e. The van der Waals surface area contributed by atoms with E-state index in [9.17, 15) is 4.79 Å². The Balaban J connectivity index is 1.55. The molecule has 5 nitrogen and oxygen atoms in total. The minimum atomic E-state index is -0.0634. The molecule has 0 spiro atoms. The van der Waals surface area contributed by atoms with E-state index in [1.807, 2.05) is 43.5 Å². The molecule has 0 N–H and O–H groups in total. The number of pyridine rings is 1. The van der Waals surface area contributed by atoms with Crippen LogP contribution in [0.2, 0.25) is 0 Å². The van der Waals surface area contributed by atoms with Crippen LogP contribution >= 0.6 is 11.8 Å². The molecule has 0 bridgehead atoms. The van der Waals surface area contributed by atoms with Crippen LogP contribution in [-0.4, -0.2) is 18.9 Å². The van der Waals surface area contributed by atoms with Crippen LogP contribution < -0.4 is 5.56 Å². The summed E-state index contributed by atoms with van der Waals surface area (Å²) in [7, 11) is 0. The number of hydrogen-bond acceptors (Lipinski definition) is 4. The molecule has 0 atom stereocenters. The first-order chi connectivity index (χ1) is 14.6. The first-order valence-corrected chi connectivity index (χ1v) is 10.7. The van der Waals surface area contributed by atoms with Crippen molar-refractivity contribution in [3.63, 3.8) is 0 Å². The first-order valence-electron chi connectivity index (χ1n) is 9.75. The third kappa shape index (κ3) is 3.39. The highest BCUT2D eigenvalue weighted by atomic mass is 32.2. The number of thioether (sulfide) groups is 1. The van der Waals surface area contributed by atoms with Gasteiger partial charge in [0.2, 0.25) is 0 Å². The molecular weight excluding hydrogens is 392 g/mol. The van der Waals surface area contributed by atoms with Crippen LogP contribution in [0, 0.1) is 13.8 Å². The molecule has 6 heteroatoms. The fourth-order valence-corrected chi connectivity index (χ4v) is 4.51. The van der Waals surface area contributed by atoms with Gasteiger partial charge in [-0.25, -0.2) is 9.97 Å². The number of aromatic nitrogens is 4. The average molecular weight is 413 g/mol. The Morgan fingerprint density at radius 3 is 2.63 bits per heavy atom. The van der Waals surface area contributed by atoms with Crippen molar-refractivity contribution in [2.75, 3.05) is 0 Å². The zero-order valence-electron chi connectivity index (χ0n) is 16.7. The number of hydrogen-bond donors (Lipinski definition) is 0. The number of fused-ring (bicyclic) bond motifs is 2. The molecule has 148 valence electrons. The lowest BCUT2D eigenvalue weighted by molar-refractivity contribution is 0.915. The topological polar surface area (TPSA) is 52.2 Å². The normalized spacial score (nSPS) is 11.4. The van der Waals surface area contributed by atoms with E-state index in [2.05, 4.69) is 46.8 Å². The van der Waals surface area contributed by atoms with Crippen molar-refractivity contribution in [2.45, 2.75) is 24.8 Å². The van der Waals surface area contributed by atoms with E-state index in [0.717, 1.165) is 33.1 Å². The molecule has 0 saturated carbocycles. The maximum Gasteiger partial charge on any atom is 0.258 e. The molecule has 0 unspecified atom stereocenters. The van der Waals surface area contributed by atoms with Crippen LogP contribution in [0.25, 0.3) is 22.4 Å². The molecule has 0 fully saturated rings. The van der Waals surface area contributed by atoms with Gasteiger partial charge in [-0.1, -0.05) is 42.1 Å². The van der Waals surface area contributed by atoms with Gasteiger partial charge < -0.3 is 0 Å². The summed E-state index contributed by atoms with van der Waals surface area (Å²) in [5.41, 5.74) is 6.66. The first kappa shape index (κ1) is 18.6. The summed E-state index contributed by atoms with van der Waals surface area (Å²) < 4.78 is 3.76. The lowest BCUT2D eigenvalue weighted by Crippen LogP contribution is -2.15. The Bertz CT molecular complexity index is 1450. The highest BCUT2D eigenvalue weighted by Crippen LogP contribution is 2.30. The summed E-state index contributed by atoms with van der Waals surface area (Å²) in [5.74, 6) is 0.564. The highest BCUT2D eigenvalue weighted by molar-refractivity contribution is 7.98. The summed E-state index contributed by atoms with van der Waals surface area (Å²) in [6, 6.07) is 22.0. The van der Waals surface area contributed by atoms with Crippen LogP contribution in [-0.2, 0) is 5.75 Å². The summed E-state index contributed by atoms with van der Waals surface area (Å²) in [5, 5.41) is 0.882. The van der Waals surface area contributed by atoms with Crippen LogP contribution in [0.4, 0.5) is 0 Å². The average Bonchev–Trinajstić information content (AvgIpc) is 3.11. The zero-order chi connectivity index (χ0) is 20.7.